The second kappa shape index (κ2) is 4.79. The number of nitrogens with one attached hydrogen (secondary N) is 1. The fourth-order valence-electron chi connectivity index (χ4n) is 1.42. The smallest absolute Gasteiger partial charge is 0.359 e. The Kier molecular flexibility index (Phi) is 3.58. The Bertz CT molecular complexity index is 347. The van der Waals surface area contributed by atoms with Crippen LogP contribution < -0.4 is 5.32 Å². The van der Waals surface area contributed by atoms with Gasteiger partial charge in [-0.2, -0.15) is 34.3 Å². The van der Waals surface area contributed by atoms with Gasteiger partial charge in [-0.3, -0.25) is 0 Å². The molecule has 1 fully saturated rings. The molecular weight excluding hydrogens is 259 g/mol. The normalized spacial score (nSPS) is 21.3. The van der Waals surface area contributed by atoms with Crippen LogP contribution in [0.5, 0.6) is 0 Å². The summed E-state index contributed by atoms with van der Waals surface area (Å²) < 4.78 is 39.8. The zero-order valence-corrected chi connectivity index (χ0v) is 9.88. The lowest BCUT2D eigenvalue weighted by Gasteiger charge is -2.07. The van der Waals surface area contributed by atoms with Gasteiger partial charge in [0.2, 0.25) is 11.0 Å². The van der Waals surface area contributed by atoms with Crippen LogP contribution in [0.3, 0.4) is 0 Å². The van der Waals surface area contributed by atoms with Crippen LogP contribution in [0.1, 0.15) is 18.7 Å². The number of anilines is 1. The highest BCUT2D eigenvalue weighted by Crippen LogP contribution is 2.30. The largest absolute Gasteiger partial charge is 0.452 e. The molecular formula is C8H10F3N3S2. The van der Waals surface area contributed by atoms with E-state index in [1.807, 2.05) is 11.8 Å². The van der Waals surface area contributed by atoms with Gasteiger partial charge in [0, 0.05) is 23.3 Å². The lowest BCUT2D eigenvalue weighted by atomic mass is 10.2. The molecule has 2 rings (SSSR count). The van der Waals surface area contributed by atoms with Crippen LogP contribution >= 0.6 is 23.3 Å². The molecule has 0 saturated carbocycles. The van der Waals surface area contributed by atoms with Crippen molar-refractivity contribution >= 4 is 28.4 Å². The van der Waals surface area contributed by atoms with Crippen molar-refractivity contribution in [3.05, 3.63) is 5.82 Å². The van der Waals surface area contributed by atoms with E-state index in [4.69, 9.17) is 0 Å². The summed E-state index contributed by atoms with van der Waals surface area (Å²) in [7, 11) is 0. The average Bonchev–Trinajstić information content (AvgIpc) is 2.85. The van der Waals surface area contributed by atoms with Crippen molar-refractivity contribution in [1.82, 2.24) is 9.36 Å². The Morgan fingerprint density at radius 3 is 2.81 bits per heavy atom. The average molecular weight is 269 g/mol. The van der Waals surface area contributed by atoms with Gasteiger partial charge in [-0.25, -0.2) is 0 Å². The highest BCUT2D eigenvalue weighted by molar-refractivity contribution is 8.00. The third-order valence-corrected chi connectivity index (χ3v) is 4.26. The van der Waals surface area contributed by atoms with Crippen molar-refractivity contribution < 1.29 is 13.2 Å². The third-order valence-electron chi connectivity index (χ3n) is 2.18. The monoisotopic (exact) mass is 269 g/mol. The molecule has 0 spiro atoms. The molecule has 1 N–H and O–H groups in total. The summed E-state index contributed by atoms with van der Waals surface area (Å²) in [6, 6.07) is 0. The lowest BCUT2D eigenvalue weighted by Crippen LogP contribution is -2.14. The zero-order chi connectivity index (χ0) is 11.6. The van der Waals surface area contributed by atoms with Crippen molar-refractivity contribution in [2.75, 3.05) is 17.6 Å². The molecule has 1 aromatic rings. The van der Waals surface area contributed by atoms with Crippen molar-refractivity contribution in [3.63, 3.8) is 0 Å². The van der Waals surface area contributed by atoms with E-state index in [2.05, 4.69) is 14.7 Å². The molecule has 1 aliphatic rings. The Hall–Kier alpha value is -0.500. The van der Waals surface area contributed by atoms with E-state index < -0.39 is 12.0 Å². The van der Waals surface area contributed by atoms with Gasteiger partial charge in [-0.1, -0.05) is 0 Å². The van der Waals surface area contributed by atoms with Gasteiger partial charge in [0.15, 0.2) is 0 Å². The lowest BCUT2D eigenvalue weighted by molar-refractivity contribution is -0.144. The summed E-state index contributed by atoms with van der Waals surface area (Å²) in [6.07, 6.45) is -2.15. The summed E-state index contributed by atoms with van der Waals surface area (Å²) in [4.78, 5) is 3.40. The molecule has 90 valence electrons. The Labute approximate surface area is 99.0 Å². The maximum atomic E-state index is 12.2. The molecule has 3 nitrogen and oxygen atoms in total. The van der Waals surface area contributed by atoms with Gasteiger partial charge in [0.25, 0.3) is 0 Å². The quantitative estimate of drug-likeness (QED) is 0.915. The molecule has 1 aliphatic heterocycles. The number of nitrogens with zero attached hydrogens (tertiary/aromatic N) is 2. The van der Waals surface area contributed by atoms with Crippen LogP contribution in [0.25, 0.3) is 0 Å². The number of hydrogen-bond donors (Lipinski definition) is 1. The topological polar surface area (TPSA) is 37.8 Å². The summed E-state index contributed by atoms with van der Waals surface area (Å²) in [5, 5.41) is 3.64. The molecule has 0 radical (unpaired) electrons. The number of thioether (sulfide) groups is 1. The van der Waals surface area contributed by atoms with E-state index in [-0.39, 0.29) is 5.13 Å². The van der Waals surface area contributed by atoms with Gasteiger partial charge in [-0.05, 0) is 18.6 Å². The number of aromatic nitrogens is 2. The fraction of sp³-hybridized carbons (Fsp3) is 0.750. The molecule has 8 heteroatoms. The minimum atomic E-state index is -4.45. The number of alkyl halides is 3. The molecule has 0 amide bonds. The van der Waals surface area contributed by atoms with Gasteiger partial charge < -0.3 is 5.32 Å². The van der Waals surface area contributed by atoms with Crippen molar-refractivity contribution in [3.8, 4) is 0 Å². The standard InChI is InChI=1S/C8H10F3N3S2/c9-8(10,11)6-13-7(16-14-6)12-4-5-2-1-3-15-5/h5H,1-4H2,(H,12,13,14). The Morgan fingerprint density at radius 2 is 2.25 bits per heavy atom. The zero-order valence-electron chi connectivity index (χ0n) is 8.25. The van der Waals surface area contributed by atoms with E-state index in [0.717, 1.165) is 23.7 Å². The van der Waals surface area contributed by atoms with Crippen LogP contribution in [-0.4, -0.2) is 26.9 Å². The summed E-state index contributed by atoms with van der Waals surface area (Å²) in [5.74, 6) is 0.0788. The predicted octanol–water partition coefficient (Wildman–Crippen LogP) is 2.86. The van der Waals surface area contributed by atoms with Gasteiger partial charge >= 0.3 is 6.18 Å². The second-order valence-corrected chi connectivity index (χ2v) is 5.60. The molecule has 1 unspecified atom stereocenters. The van der Waals surface area contributed by atoms with Crippen LogP contribution in [0.2, 0.25) is 0 Å². The molecule has 16 heavy (non-hydrogen) atoms. The van der Waals surface area contributed by atoms with Gasteiger partial charge in [-0.15, -0.1) is 0 Å². The van der Waals surface area contributed by atoms with E-state index in [0.29, 0.717) is 11.8 Å². The molecule has 1 atom stereocenters. The second-order valence-electron chi connectivity index (χ2n) is 3.44. The molecule has 0 aromatic carbocycles. The Balaban J connectivity index is 1.87. The molecule has 1 saturated heterocycles. The highest BCUT2D eigenvalue weighted by atomic mass is 32.2. The first-order valence-corrected chi connectivity index (χ1v) is 6.64. The minimum absolute atomic E-state index is 0.250. The maximum Gasteiger partial charge on any atom is 0.452 e. The highest BCUT2D eigenvalue weighted by Gasteiger charge is 2.36. The first-order chi connectivity index (χ1) is 7.55. The van der Waals surface area contributed by atoms with Gasteiger partial charge in [0.05, 0.1) is 0 Å². The van der Waals surface area contributed by atoms with Crippen molar-refractivity contribution in [2.45, 2.75) is 24.3 Å². The van der Waals surface area contributed by atoms with E-state index in [1.54, 1.807) is 0 Å². The molecule has 2 heterocycles. The maximum absolute atomic E-state index is 12.2. The summed E-state index contributed by atoms with van der Waals surface area (Å²) in [6.45, 7) is 0.664. The summed E-state index contributed by atoms with van der Waals surface area (Å²) in [5.41, 5.74) is 0. The van der Waals surface area contributed by atoms with Crippen LogP contribution in [0.15, 0.2) is 0 Å². The van der Waals surface area contributed by atoms with E-state index in [9.17, 15) is 13.2 Å². The Morgan fingerprint density at radius 1 is 1.44 bits per heavy atom. The van der Waals surface area contributed by atoms with E-state index in [1.165, 1.54) is 6.42 Å². The van der Waals surface area contributed by atoms with Crippen LogP contribution in [0, 0.1) is 0 Å². The number of halogens is 3. The molecule has 0 bridgehead atoms. The SMILES string of the molecule is FC(F)(F)c1nsc(NCC2CCCS2)n1. The first kappa shape index (κ1) is 12.0. The number of rotatable bonds is 3. The van der Waals surface area contributed by atoms with Crippen molar-refractivity contribution in [2.24, 2.45) is 0 Å². The van der Waals surface area contributed by atoms with Gasteiger partial charge in [0.1, 0.15) is 0 Å². The fourth-order valence-corrected chi connectivity index (χ4v) is 3.21. The van der Waals surface area contributed by atoms with Crippen LogP contribution in [0.4, 0.5) is 18.3 Å². The van der Waals surface area contributed by atoms with Crippen molar-refractivity contribution in [1.29, 1.82) is 0 Å². The predicted molar refractivity (Wildman–Crippen MR) is 58.9 cm³/mol. The molecule has 0 aliphatic carbocycles. The van der Waals surface area contributed by atoms with E-state index >= 15 is 0 Å². The summed E-state index contributed by atoms with van der Waals surface area (Å²) >= 11 is 2.60. The molecule has 1 aromatic heterocycles. The number of hydrogen-bond acceptors (Lipinski definition) is 5. The van der Waals surface area contributed by atoms with Crippen LogP contribution in [-0.2, 0) is 6.18 Å². The third kappa shape index (κ3) is 3.00. The minimum Gasteiger partial charge on any atom is -0.359 e. The first-order valence-electron chi connectivity index (χ1n) is 4.82.